The first kappa shape index (κ1) is 9.19. The summed E-state index contributed by atoms with van der Waals surface area (Å²) in [6, 6.07) is 0. The maximum Gasteiger partial charge on any atom is 0.117 e. The van der Waals surface area contributed by atoms with Crippen molar-refractivity contribution in [2.75, 3.05) is 0 Å². The Morgan fingerprint density at radius 3 is 2.79 bits per heavy atom. The van der Waals surface area contributed by atoms with Gasteiger partial charge in [-0.05, 0) is 5.92 Å². The molecule has 0 saturated heterocycles. The second-order valence-corrected chi connectivity index (χ2v) is 3.95. The van der Waals surface area contributed by atoms with Crippen molar-refractivity contribution in [2.45, 2.75) is 26.7 Å². The Labute approximate surface area is 83.2 Å². The summed E-state index contributed by atoms with van der Waals surface area (Å²) in [6.45, 7) is 6.53. The van der Waals surface area contributed by atoms with Gasteiger partial charge in [0.05, 0.1) is 5.39 Å². The van der Waals surface area contributed by atoms with E-state index in [1.165, 1.54) is 0 Å². The van der Waals surface area contributed by atoms with E-state index >= 15 is 0 Å². The average molecular weight is 190 g/mol. The van der Waals surface area contributed by atoms with Crippen molar-refractivity contribution >= 4 is 10.9 Å². The van der Waals surface area contributed by atoms with Gasteiger partial charge in [0, 0.05) is 12.1 Å². The highest BCUT2D eigenvalue weighted by Crippen LogP contribution is 2.30. The molecule has 0 N–H and O–H groups in total. The van der Waals surface area contributed by atoms with Crippen LogP contribution in [0.2, 0.25) is 0 Å². The molecule has 0 fully saturated rings. The van der Waals surface area contributed by atoms with E-state index < -0.39 is 0 Å². The topological polar surface area (TPSA) is 38.9 Å². The molecular formula is C11H14N2O. The number of rotatable bonds is 2. The van der Waals surface area contributed by atoms with Gasteiger partial charge in [0.25, 0.3) is 0 Å². The fraction of sp³-hybridized carbons (Fsp3) is 0.455. The summed E-state index contributed by atoms with van der Waals surface area (Å²) in [5.74, 6) is 1.96. The third kappa shape index (κ3) is 1.39. The lowest BCUT2D eigenvalue weighted by Crippen LogP contribution is -2.00. The van der Waals surface area contributed by atoms with Crippen molar-refractivity contribution < 1.29 is 4.42 Å². The van der Waals surface area contributed by atoms with Crippen molar-refractivity contribution in [1.82, 2.24) is 9.97 Å². The van der Waals surface area contributed by atoms with Gasteiger partial charge in [-0.3, -0.25) is 0 Å². The van der Waals surface area contributed by atoms with Gasteiger partial charge in [-0.25, -0.2) is 9.97 Å². The first-order chi connectivity index (χ1) is 6.70. The molecule has 0 radical (unpaired) electrons. The number of fused-ring (bicyclic) bond motifs is 1. The van der Waals surface area contributed by atoms with E-state index in [2.05, 4.69) is 30.7 Å². The molecule has 0 spiro atoms. The quantitative estimate of drug-likeness (QED) is 0.730. The highest BCUT2D eigenvalue weighted by molar-refractivity contribution is 5.79. The molecule has 2 aromatic rings. The lowest BCUT2D eigenvalue weighted by Gasteiger charge is -2.12. The van der Waals surface area contributed by atoms with E-state index in [0.717, 1.165) is 16.7 Å². The molecule has 14 heavy (non-hydrogen) atoms. The van der Waals surface area contributed by atoms with Crippen LogP contribution in [0.1, 0.15) is 32.4 Å². The lowest BCUT2D eigenvalue weighted by molar-refractivity contribution is 0.419. The molecule has 2 aromatic heterocycles. The second-order valence-electron chi connectivity index (χ2n) is 3.95. The predicted octanol–water partition coefficient (Wildman–Crippen LogP) is 2.98. The number of hydrogen-bond acceptors (Lipinski definition) is 3. The van der Waals surface area contributed by atoms with E-state index in [0.29, 0.717) is 11.8 Å². The third-order valence-electron chi connectivity index (χ3n) is 2.72. The van der Waals surface area contributed by atoms with Crippen molar-refractivity contribution in [3.63, 3.8) is 0 Å². The van der Waals surface area contributed by atoms with Gasteiger partial charge in [0.1, 0.15) is 23.9 Å². The maximum atomic E-state index is 5.54. The van der Waals surface area contributed by atoms with E-state index in [4.69, 9.17) is 4.42 Å². The molecular weight excluding hydrogens is 176 g/mol. The fourth-order valence-electron chi connectivity index (χ4n) is 1.46. The van der Waals surface area contributed by atoms with Crippen molar-refractivity contribution in [3.8, 4) is 0 Å². The molecule has 0 aliphatic rings. The molecule has 0 aliphatic heterocycles. The summed E-state index contributed by atoms with van der Waals surface area (Å²) in [7, 11) is 0. The van der Waals surface area contributed by atoms with Gasteiger partial charge in [-0.1, -0.05) is 20.8 Å². The summed E-state index contributed by atoms with van der Waals surface area (Å²) < 4.78 is 5.54. The zero-order valence-electron chi connectivity index (χ0n) is 8.69. The SMILES string of the molecule is CC(C)C(C)c1occ2ncncc12. The molecule has 0 aromatic carbocycles. The molecule has 1 atom stereocenters. The van der Waals surface area contributed by atoms with Crippen LogP contribution in [-0.4, -0.2) is 9.97 Å². The minimum atomic E-state index is 0.401. The number of furan rings is 1. The number of hydrogen-bond donors (Lipinski definition) is 0. The van der Waals surface area contributed by atoms with Crippen LogP contribution in [-0.2, 0) is 0 Å². The monoisotopic (exact) mass is 190 g/mol. The molecule has 0 aliphatic carbocycles. The second kappa shape index (κ2) is 3.40. The van der Waals surface area contributed by atoms with E-state index in [1.807, 2.05) is 6.20 Å². The van der Waals surface area contributed by atoms with Gasteiger partial charge in [-0.15, -0.1) is 0 Å². The van der Waals surface area contributed by atoms with Crippen molar-refractivity contribution in [2.24, 2.45) is 5.92 Å². The normalized spacial score (nSPS) is 13.7. The largest absolute Gasteiger partial charge is 0.466 e. The lowest BCUT2D eigenvalue weighted by atomic mass is 9.94. The maximum absolute atomic E-state index is 5.54. The van der Waals surface area contributed by atoms with Crippen LogP contribution in [0.3, 0.4) is 0 Å². The summed E-state index contributed by atoms with van der Waals surface area (Å²) in [5, 5.41) is 1.04. The minimum absolute atomic E-state index is 0.401. The van der Waals surface area contributed by atoms with E-state index in [9.17, 15) is 0 Å². The molecule has 0 amide bonds. The zero-order valence-corrected chi connectivity index (χ0v) is 8.69. The van der Waals surface area contributed by atoms with Crippen LogP contribution < -0.4 is 0 Å². The summed E-state index contributed by atoms with van der Waals surface area (Å²) >= 11 is 0. The molecule has 0 saturated carbocycles. The first-order valence-electron chi connectivity index (χ1n) is 4.87. The van der Waals surface area contributed by atoms with Gasteiger partial charge in [0.2, 0.25) is 0 Å². The number of nitrogens with zero attached hydrogens (tertiary/aromatic N) is 2. The van der Waals surface area contributed by atoms with E-state index in [1.54, 1.807) is 12.6 Å². The molecule has 2 rings (SSSR count). The van der Waals surface area contributed by atoms with Crippen LogP contribution in [0.15, 0.2) is 23.2 Å². The minimum Gasteiger partial charge on any atom is -0.466 e. The molecule has 1 unspecified atom stereocenters. The van der Waals surface area contributed by atoms with Crippen LogP contribution >= 0.6 is 0 Å². The van der Waals surface area contributed by atoms with E-state index in [-0.39, 0.29) is 0 Å². The Hall–Kier alpha value is -1.38. The smallest absolute Gasteiger partial charge is 0.117 e. The predicted molar refractivity (Wildman–Crippen MR) is 55.1 cm³/mol. The van der Waals surface area contributed by atoms with Crippen molar-refractivity contribution in [3.05, 3.63) is 24.5 Å². The summed E-state index contributed by atoms with van der Waals surface area (Å²) in [4.78, 5) is 8.16. The van der Waals surface area contributed by atoms with Gasteiger partial charge in [0.15, 0.2) is 0 Å². The van der Waals surface area contributed by atoms with Crippen LogP contribution in [0.25, 0.3) is 10.9 Å². The van der Waals surface area contributed by atoms with Gasteiger partial charge >= 0.3 is 0 Å². The molecule has 0 bridgehead atoms. The molecule has 3 heteroatoms. The molecule has 74 valence electrons. The van der Waals surface area contributed by atoms with Crippen molar-refractivity contribution in [1.29, 1.82) is 0 Å². The Morgan fingerprint density at radius 1 is 1.29 bits per heavy atom. The van der Waals surface area contributed by atoms with Gasteiger partial charge < -0.3 is 4.42 Å². The van der Waals surface area contributed by atoms with Crippen LogP contribution in [0.4, 0.5) is 0 Å². The third-order valence-corrected chi connectivity index (χ3v) is 2.72. The Bertz CT molecular complexity index is 434. The summed E-state index contributed by atoms with van der Waals surface area (Å²) in [5.41, 5.74) is 0.891. The average Bonchev–Trinajstić information content (AvgIpc) is 2.60. The van der Waals surface area contributed by atoms with Gasteiger partial charge in [-0.2, -0.15) is 0 Å². The first-order valence-corrected chi connectivity index (χ1v) is 4.87. The van der Waals surface area contributed by atoms with Crippen LogP contribution in [0.5, 0.6) is 0 Å². The van der Waals surface area contributed by atoms with Crippen LogP contribution in [0, 0.1) is 5.92 Å². The Kier molecular flexibility index (Phi) is 2.23. The fourth-order valence-corrected chi connectivity index (χ4v) is 1.46. The standard InChI is InChI=1S/C11H14N2O/c1-7(2)8(3)11-9-4-12-6-13-10(9)5-14-11/h4-8H,1-3H3. The summed E-state index contributed by atoms with van der Waals surface area (Å²) in [6.07, 6.45) is 5.06. The Balaban J connectivity index is 2.53. The molecule has 3 nitrogen and oxygen atoms in total. The highest BCUT2D eigenvalue weighted by Gasteiger charge is 2.17. The zero-order chi connectivity index (χ0) is 10.1. The highest BCUT2D eigenvalue weighted by atomic mass is 16.3. The number of aromatic nitrogens is 2. The molecule has 2 heterocycles. The Morgan fingerprint density at radius 2 is 2.07 bits per heavy atom.